The second kappa shape index (κ2) is 5.00. The van der Waals surface area contributed by atoms with Crippen LogP contribution in [0.4, 0.5) is 0 Å². The number of sulfone groups is 1. The Morgan fingerprint density at radius 2 is 2.11 bits per heavy atom. The Labute approximate surface area is 111 Å². The molecule has 2 rings (SSSR count). The van der Waals surface area contributed by atoms with Crippen LogP contribution in [0.1, 0.15) is 25.7 Å². The van der Waals surface area contributed by atoms with E-state index >= 15 is 0 Å². The van der Waals surface area contributed by atoms with Crippen molar-refractivity contribution in [1.82, 2.24) is 10.6 Å². The summed E-state index contributed by atoms with van der Waals surface area (Å²) in [4.78, 5) is 10.4. The van der Waals surface area contributed by atoms with E-state index in [0.717, 1.165) is 0 Å². The third-order valence-electron chi connectivity index (χ3n) is 3.45. The van der Waals surface area contributed by atoms with Crippen molar-refractivity contribution in [2.45, 2.75) is 43.0 Å². The molecule has 2 heterocycles. The molecule has 3 N–H and O–H groups in total. The van der Waals surface area contributed by atoms with Crippen molar-refractivity contribution in [2.24, 2.45) is 0 Å². The van der Waals surface area contributed by atoms with Gasteiger partial charge in [0.25, 0.3) is 0 Å². The summed E-state index contributed by atoms with van der Waals surface area (Å²) in [7, 11) is -3.10. The van der Waals surface area contributed by atoms with Gasteiger partial charge in [-0.05, 0) is 25.1 Å². The summed E-state index contributed by atoms with van der Waals surface area (Å²) in [5.74, 6) is -0.738. The van der Waals surface area contributed by atoms with Gasteiger partial charge in [-0.1, -0.05) is 6.42 Å². The van der Waals surface area contributed by atoms with Crippen LogP contribution in [0.3, 0.4) is 0 Å². The van der Waals surface area contributed by atoms with Gasteiger partial charge in [-0.3, -0.25) is 4.79 Å². The van der Waals surface area contributed by atoms with Crippen molar-refractivity contribution >= 4 is 33.1 Å². The van der Waals surface area contributed by atoms with Gasteiger partial charge in [-0.2, -0.15) is 0 Å². The highest BCUT2D eigenvalue weighted by Gasteiger charge is 2.50. The van der Waals surface area contributed by atoms with Crippen LogP contribution in [0, 0.1) is 0 Å². The highest BCUT2D eigenvalue weighted by atomic mass is 32.2. The van der Waals surface area contributed by atoms with Crippen LogP contribution in [0.25, 0.3) is 0 Å². The number of rotatable bonds is 5. The first-order valence-electron chi connectivity index (χ1n) is 5.90. The number of fused-ring (bicyclic) bond motifs is 1. The highest BCUT2D eigenvalue weighted by molar-refractivity contribution is 7.92. The molecule has 0 saturated carbocycles. The Morgan fingerprint density at radius 3 is 2.78 bits per heavy atom. The summed E-state index contributed by atoms with van der Waals surface area (Å²) >= 11 is 4.98. The third kappa shape index (κ3) is 2.74. The molecule has 2 aliphatic heterocycles. The molecule has 3 atom stereocenters. The zero-order valence-corrected chi connectivity index (χ0v) is 11.4. The molecule has 8 heteroatoms. The van der Waals surface area contributed by atoms with Crippen molar-refractivity contribution in [3.8, 4) is 0 Å². The number of carbonyl (C=O) groups is 1. The molecular weight excluding hydrogens is 276 g/mol. The van der Waals surface area contributed by atoms with Crippen molar-refractivity contribution in [2.75, 3.05) is 5.75 Å². The molecule has 0 aromatic carbocycles. The van der Waals surface area contributed by atoms with Gasteiger partial charge in [0.15, 0.2) is 14.9 Å². The third-order valence-corrected chi connectivity index (χ3v) is 5.96. The van der Waals surface area contributed by atoms with E-state index in [9.17, 15) is 13.2 Å². The number of aliphatic carboxylic acids is 1. The molecule has 6 nitrogen and oxygen atoms in total. The standard InChI is InChI=1S/C10H16N2O4S2/c13-8(14)4-2-1-3-7-9-6(5-18(7,15)16)11-10(17)12-9/h6-7,9H,1-5H2,(H,13,14)(H2,11,12,17)/t6-,7-,9?/m0/s1. The molecule has 1 unspecified atom stereocenters. The van der Waals surface area contributed by atoms with Gasteiger partial charge in [-0.25, -0.2) is 8.42 Å². The molecule has 2 fully saturated rings. The number of unbranched alkanes of at least 4 members (excludes halogenated alkanes) is 1. The van der Waals surface area contributed by atoms with Crippen LogP contribution >= 0.6 is 12.2 Å². The van der Waals surface area contributed by atoms with Crippen LogP contribution in [-0.2, 0) is 14.6 Å². The molecule has 102 valence electrons. The SMILES string of the molecule is O=C(O)CCCC[C@H]1C2NC(=S)N[C@H]2CS1(=O)=O. The minimum Gasteiger partial charge on any atom is -0.481 e. The molecular formula is C10H16N2O4S2. The fraction of sp³-hybridized carbons (Fsp3) is 0.800. The Kier molecular flexibility index (Phi) is 3.76. The van der Waals surface area contributed by atoms with Gasteiger partial charge < -0.3 is 15.7 Å². The van der Waals surface area contributed by atoms with E-state index in [2.05, 4.69) is 10.6 Å². The summed E-state index contributed by atoms with van der Waals surface area (Å²) in [5.41, 5.74) is 0. The van der Waals surface area contributed by atoms with E-state index in [-0.39, 0.29) is 24.3 Å². The second-order valence-corrected chi connectivity index (χ2v) is 7.43. The lowest BCUT2D eigenvalue weighted by atomic mass is 10.0. The maximum Gasteiger partial charge on any atom is 0.303 e. The van der Waals surface area contributed by atoms with E-state index in [4.69, 9.17) is 17.3 Å². The first-order chi connectivity index (χ1) is 8.40. The molecule has 0 spiro atoms. The lowest BCUT2D eigenvalue weighted by molar-refractivity contribution is -0.137. The van der Waals surface area contributed by atoms with E-state index in [1.165, 1.54) is 0 Å². The van der Waals surface area contributed by atoms with Gasteiger partial charge in [-0.15, -0.1) is 0 Å². The van der Waals surface area contributed by atoms with Crippen LogP contribution in [0.5, 0.6) is 0 Å². The molecule has 2 aliphatic rings. The monoisotopic (exact) mass is 292 g/mol. The van der Waals surface area contributed by atoms with Crippen LogP contribution in [-0.4, -0.2) is 47.7 Å². The highest BCUT2D eigenvalue weighted by Crippen LogP contribution is 2.28. The van der Waals surface area contributed by atoms with Gasteiger partial charge in [0.2, 0.25) is 0 Å². The molecule has 0 radical (unpaired) electrons. The molecule has 0 aromatic heterocycles. The zero-order valence-electron chi connectivity index (χ0n) is 9.76. The molecule has 2 saturated heterocycles. The number of carboxylic acid groups (broad SMARTS) is 1. The topological polar surface area (TPSA) is 95.5 Å². The fourth-order valence-electron chi connectivity index (χ4n) is 2.63. The lowest BCUT2D eigenvalue weighted by Gasteiger charge is -2.16. The van der Waals surface area contributed by atoms with Crippen molar-refractivity contribution < 1.29 is 18.3 Å². The van der Waals surface area contributed by atoms with E-state index in [1.807, 2.05) is 0 Å². The molecule has 0 aromatic rings. The van der Waals surface area contributed by atoms with Crippen molar-refractivity contribution in [3.05, 3.63) is 0 Å². The van der Waals surface area contributed by atoms with Gasteiger partial charge >= 0.3 is 5.97 Å². The van der Waals surface area contributed by atoms with E-state index in [1.54, 1.807) is 0 Å². The minimum absolute atomic E-state index is 0.0882. The van der Waals surface area contributed by atoms with E-state index in [0.29, 0.717) is 24.4 Å². The van der Waals surface area contributed by atoms with Gasteiger partial charge in [0.05, 0.1) is 23.1 Å². The Hall–Kier alpha value is -0.890. The number of hydrogen-bond acceptors (Lipinski definition) is 4. The summed E-state index contributed by atoms with van der Waals surface area (Å²) in [5, 5.41) is 14.5. The lowest BCUT2D eigenvalue weighted by Crippen LogP contribution is -2.38. The van der Waals surface area contributed by atoms with E-state index < -0.39 is 21.1 Å². The summed E-state index contributed by atoms with van der Waals surface area (Å²) < 4.78 is 23.9. The predicted octanol–water partition coefficient (Wildman–Crippen LogP) is -0.357. The minimum atomic E-state index is -3.10. The Morgan fingerprint density at radius 1 is 1.39 bits per heavy atom. The van der Waals surface area contributed by atoms with Crippen molar-refractivity contribution in [3.63, 3.8) is 0 Å². The number of thiocarbonyl (C=S) groups is 1. The number of hydrogen-bond donors (Lipinski definition) is 3. The maximum absolute atomic E-state index is 12.0. The quantitative estimate of drug-likeness (QED) is 0.470. The number of carboxylic acids is 1. The first-order valence-corrected chi connectivity index (χ1v) is 8.03. The van der Waals surface area contributed by atoms with Gasteiger partial charge in [0, 0.05) is 6.42 Å². The molecule has 0 bridgehead atoms. The Balaban J connectivity index is 1.93. The molecule has 0 amide bonds. The summed E-state index contributed by atoms with van der Waals surface area (Å²) in [6.45, 7) is 0. The average Bonchev–Trinajstić information content (AvgIpc) is 2.66. The average molecular weight is 292 g/mol. The summed E-state index contributed by atoms with van der Waals surface area (Å²) in [6.07, 6.45) is 1.70. The van der Waals surface area contributed by atoms with Crippen LogP contribution in [0.15, 0.2) is 0 Å². The zero-order chi connectivity index (χ0) is 13.3. The fourth-order valence-corrected chi connectivity index (χ4v) is 5.18. The molecule has 0 aliphatic carbocycles. The van der Waals surface area contributed by atoms with Crippen LogP contribution in [0.2, 0.25) is 0 Å². The second-order valence-electron chi connectivity index (χ2n) is 4.76. The normalized spacial score (nSPS) is 32.7. The Bertz CT molecular complexity index is 462. The first kappa shape index (κ1) is 13.5. The smallest absolute Gasteiger partial charge is 0.303 e. The van der Waals surface area contributed by atoms with Crippen LogP contribution < -0.4 is 10.6 Å². The molecule has 18 heavy (non-hydrogen) atoms. The predicted molar refractivity (Wildman–Crippen MR) is 70.1 cm³/mol. The van der Waals surface area contributed by atoms with Gasteiger partial charge in [0.1, 0.15) is 0 Å². The van der Waals surface area contributed by atoms with Crippen molar-refractivity contribution in [1.29, 1.82) is 0 Å². The largest absolute Gasteiger partial charge is 0.481 e. The maximum atomic E-state index is 12.0. The number of nitrogens with one attached hydrogen (secondary N) is 2. The summed E-state index contributed by atoms with van der Waals surface area (Å²) in [6, 6.07) is -0.292.